The molecule has 0 spiro atoms. The largest absolute Gasteiger partial charge is 0.131 e. The van der Waals surface area contributed by atoms with Crippen molar-refractivity contribution in [1.29, 1.82) is 0 Å². The van der Waals surface area contributed by atoms with Crippen LogP contribution in [0.4, 0.5) is 0 Å². The number of halogens is 2. The molecular weight excluding hydrogens is 275 g/mol. The van der Waals surface area contributed by atoms with Crippen molar-refractivity contribution in [3.05, 3.63) is 0 Å². The second-order valence-corrected chi connectivity index (χ2v) is 4.61. The first-order valence-corrected chi connectivity index (χ1v) is 4.07. The maximum Gasteiger partial charge on any atom is -0.0178 e. The van der Waals surface area contributed by atoms with Crippen LogP contribution in [0.25, 0.3) is 0 Å². The molecule has 1 atom stereocenters. The van der Waals surface area contributed by atoms with Gasteiger partial charge in [0.05, 0.1) is 0 Å². The molecule has 0 aromatic rings. The van der Waals surface area contributed by atoms with E-state index in [0.29, 0.717) is 5.16 Å². The predicted octanol–water partition coefficient (Wildman–Crippen LogP) is 3.74. The Bertz CT molecular complexity index is 75.7. The first kappa shape index (κ1) is 13.9. The van der Waals surface area contributed by atoms with Crippen molar-refractivity contribution in [2.24, 2.45) is 0 Å². The van der Waals surface area contributed by atoms with Gasteiger partial charge in [0, 0.05) is 0 Å². The molecule has 0 aromatic carbocycles. The molecule has 0 nitrogen and oxygen atoms in total. The quantitative estimate of drug-likeness (QED) is 0.597. The molecular formula is C7H17Br2P. The second-order valence-electron chi connectivity index (χ2n) is 3.21. The van der Waals surface area contributed by atoms with E-state index in [2.05, 4.69) is 16.2 Å². The zero-order valence-corrected chi connectivity index (χ0v) is 11.0. The van der Waals surface area contributed by atoms with Gasteiger partial charge in [-0.2, -0.15) is 0 Å². The van der Waals surface area contributed by atoms with Crippen LogP contribution in [0.2, 0.25) is 0 Å². The minimum Gasteiger partial charge on any atom is -0.131 e. The van der Waals surface area contributed by atoms with E-state index >= 15 is 0 Å². The Hall–Kier alpha value is 1.39. The third kappa shape index (κ3) is 5.09. The third-order valence-electron chi connectivity index (χ3n) is 2.00. The molecule has 1 fully saturated rings. The first-order chi connectivity index (χ1) is 3.71. The Kier molecular flexibility index (Phi) is 8.32. The van der Waals surface area contributed by atoms with Gasteiger partial charge in [-0.15, -0.1) is 43.2 Å². The molecule has 0 bridgehead atoms. The van der Waals surface area contributed by atoms with Crippen molar-refractivity contribution in [2.75, 3.05) is 0 Å². The Morgan fingerprint density at radius 1 is 1.00 bits per heavy atom. The standard InChI is InChI=1S/C7H15P.2BrH/c1-7(8)5-3-2-4-6-7;;/h2-6,8H2,1H3;2*1H. The molecule has 0 N–H and O–H groups in total. The van der Waals surface area contributed by atoms with Crippen molar-refractivity contribution in [3.8, 4) is 0 Å². The molecule has 1 rings (SSSR count). The summed E-state index contributed by atoms with van der Waals surface area (Å²) < 4.78 is 0. The van der Waals surface area contributed by atoms with E-state index in [-0.39, 0.29) is 34.0 Å². The van der Waals surface area contributed by atoms with Crippen molar-refractivity contribution in [2.45, 2.75) is 44.2 Å². The van der Waals surface area contributed by atoms with E-state index in [1.54, 1.807) is 0 Å². The van der Waals surface area contributed by atoms with E-state index in [0.717, 1.165) is 0 Å². The van der Waals surface area contributed by atoms with E-state index in [9.17, 15) is 0 Å². The Morgan fingerprint density at radius 2 is 1.40 bits per heavy atom. The van der Waals surface area contributed by atoms with Gasteiger partial charge in [0.15, 0.2) is 0 Å². The van der Waals surface area contributed by atoms with Gasteiger partial charge in [-0.05, 0) is 18.0 Å². The molecule has 0 heterocycles. The van der Waals surface area contributed by atoms with E-state index in [1.807, 2.05) is 0 Å². The average molecular weight is 292 g/mol. The maximum atomic E-state index is 2.96. The van der Waals surface area contributed by atoms with Crippen LogP contribution < -0.4 is 0 Å². The second kappa shape index (κ2) is 5.97. The number of rotatable bonds is 0. The molecule has 1 saturated carbocycles. The van der Waals surface area contributed by atoms with Crippen LogP contribution in [0, 0.1) is 0 Å². The number of hydrogen-bond donors (Lipinski definition) is 0. The summed E-state index contributed by atoms with van der Waals surface area (Å²) in [6.07, 6.45) is 7.18. The minimum atomic E-state index is 0. The molecule has 0 aliphatic heterocycles. The lowest BCUT2D eigenvalue weighted by molar-refractivity contribution is 0.421. The molecule has 0 aromatic heterocycles. The monoisotopic (exact) mass is 290 g/mol. The topological polar surface area (TPSA) is 0 Å². The lowest BCUT2D eigenvalue weighted by Gasteiger charge is -2.28. The fraction of sp³-hybridized carbons (Fsp3) is 1.00. The van der Waals surface area contributed by atoms with Gasteiger partial charge in [-0.25, -0.2) is 0 Å². The summed E-state index contributed by atoms with van der Waals surface area (Å²) in [5.41, 5.74) is 0. The Morgan fingerprint density at radius 3 is 1.60 bits per heavy atom. The molecule has 64 valence electrons. The molecule has 1 unspecified atom stereocenters. The van der Waals surface area contributed by atoms with Crippen molar-refractivity contribution >= 4 is 43.2 Å². The fourth-order valence-corrected chi connectivity index (χ4v) is 1.77. The van der Waals surface area contributed by atoms with E-state index in [4.69, 9.17) is 0 Å². The highest BCUT2D eigenvalue weighted by Gasteiger charge is 2.20. The third-order valence-corrected chi connectivity index (χ3v) is 2.57. The van der Waals surface area contributed by atoms with Crippen molar-refractivity contribution in [1.82, 2.24) is 0 Å². The predicted molar refractivity (Wildman–Crippen MR) is 61.8 cm³/mol. The summed E-state index contributed by atoms with van der Waals surface area (Å²) in [7, 11) is 2.96. The Balaban J connectivity index is 0. The minimum absolute atomic E-state index is 0. The Labute approximate surface area is 87.3 Å². The van der Waals surface area contributed by atoms with Gasteiger partial charge >= 0.3 is 0 Å². The molecule has 0 saturated heterocycles. The van der Waals surface area contributed by atoms with Crippen LogP contribution in [0.15, 0.2) is 0 Å². The fourth-order valence-electron chi connectivity index (χ4n) is 1.36. The van der Waals surface area contributed by atoms with E-state index in [1.165, 1.54) is 32.1 Å². The van der Waals surface area contributed by atoms with Gasteiger partial charge < -0.3 is 0 Å². The normalized spacial score (nSPS) is 22.2. The van der Waals surface area contributed by atoms with Gasteiger partial charge in [0.1, 0.15) is 0 Å². The first-order valence-electron chi connectivity index (χ1n) is 3.50. The highest BCUT2D eigenvalue weighted by Crippen LogP contribution is 2.34. The zero-order chi connectivity index (χ0) is 6.04. The summed E-state index contributed by atoms with van der Waals surface area (Å²) in [5, 5.41) is 0.595. The van der Waals surface area contributed by atoms with Gasteiger partial charge in [-0.1, -0.05) is 26.2 Å². The lowest BCUT2D eigenvalue weighted by Crippen LogP contribution is -2.18. The van der Waals surface area contributed by atoms with Crippen LogP contribution in [-0.2, 0) is 0 Å². The van der Waals surface area contributed by atoms with Gasteiger partial charge in [0.25, 0.3) is 0 Å². The highest BCUT2D eigenvalue weighted by molar-refractivity contribution is 8.93. The molecule has 0 amide bonds. The van der Waals surface area contributed by atoms with Crippen LogP contribution in [0.5, 0.6) is 0 Å². The zero-order valence-electron chi connectivity index (χ0n) is 6.43. The van der Waals surface area contributed by atoms with Crippen LogP contribution in [0.1, 0.15) is 39.0 Å². The molecule has 1 aliphatic rings. The molecule has 0 radical (unpaired) electrons. The smallest absolute Gasteiger partial charge is 0.0178 e. The van der Waals surface area contributed by atoms with Crippen molar-refractivity contribution < 1.29 is 0 Å². The van der Waals surface area contributed by atoms with Crippen molar-refractivity contribution in [3.63, 3.8) is 0 Å². The average Bonchev–Trinajstić information content (AvgIpc) is 1.65. The lowest BCUT2D eigenvalue weighted by atomic mass is 9.90. The summed E-state index contributed by atoms with van der Waals surface area (Å²) >= 11 is 0. The summed E-state index contributed by atoms with van der Waals surface area (Å²) in [6.45, 7) is 2.34. The summed E-state index contributed by atoms with van der Waals surface area (Å²) in [5.74, 6) is 0. The van der Waals surface area contributed by atoms with Gasteiger partial charge in [0.2, 0.25) is 0 Å². The van der Waals surface area contributed by atoms with Gasteiger partial charge in [-0.3, -0.25) is 0 Å². The van der Waals surface area contributed by atoms with Crippen LogP contribution in [0.3, 0.4) is 0 Å². The highest BCUT2D eigenvalue weighted by atomic mass is 79.9. The van der Waals surface area contributed by atoms with Crippen LogP contribution in [-0.4, -0.2) is 5.16 Å². The maximum absolute atomic E-state index is 2.96. The van der Waals surface area contributed by atoms with E-state index < -0.39 is 0 Å². The SMILES string of the molecule is Br.Br.CC1(P)CCCCC1. The number of hydrogen-bond acceptors (Lipinski definition) is 0. The summed E-state index contributed by atoms with van der Waals surface area (Å²) in [6, 6.07) is 0. The molecule has 10 heavy (non-hydrogen) atoms. The van der Waals surface area contributed by atoms with Crippen LogP contribution >= 0.6 is 43.2 Å². The molecule has 3 heteroatoms. The molecule has 1 aliphatic carbocycles. The summed E-state index contributed by atoms with van der Waals surface area (Å²) in [4.78, 5) is 0.